The zero-order valence-corrected chi connectivity index (χ0v) is 12.7. The number of nitrogens with one attached hydrogen (secondary N) is 2. The molecule has 1 aromatic heterocycles. The molecule has 0 fully saturated rings. The summed E-state index contributed by atoms with van der Waals surface area (Å²) in [6.07, 6.45) is 1.05. The summed E-state index contributed by atoms with van der Waals surface area (Å²) in [5, 5.41) is 5.97. The van der Waals surface area contributed by atoms with Crippen molar-refractivity contribution in [3.05, 3.63) is 17.6 Å². The van der Waals surface area contributed by atoms with Gasteiger partial charge < -0.3 is 15.4 Å². The molecule has 0 unspecified atom stereocenters. The van der Waals surface area contributed by atoms with Crippen LogP contribution in [-0.4, -0.2) is 42.7 Å². The van der Waals surface area contributed by atoms with Crippen LogP contribution in [0.5, 0.6) is 0 Å². The molecular formula is C14H24N4O2. The van der Waals surface area contributed by atoms with E-state index in [1.807, 2.05) is 0 Å². The van der Waals surface area contributed by atoms with Gasteiger partial charge >= 0.3 is 0 Å². The van der Waals surface area contributed by atoms with E-state index in [2.05, 4.69) is 34.4 Å². The van der Waals surface area contributed by atoms with Crippen LogP contribution in [0.1, 0.15) is 36.6 Å². The van der Waals surface area contributed by atoms with Crippen molar-refractivity contribution in [3.63, 3.8) is 0 Å². The van der Waals surface area contributed by atoms with Gasteiger partial charge in [0.25, 0.3) is 5.91 Å². The second-order valence-electron chi connectivity index (χ2n) is 5.04. The highest BCUT2D eigenvalue weighted by Gasteiger charge is 2.09. The molecule has 0 saturated heterocycles. The number of nitrogens with zero attached hydrogens (tertiary/aromatic N) is 2. The molecular weight excluding hydrogens is 256 g/mol. The van der Waals surface area contributed by atoms with Crippen molar-refractivity contribution >= 4 is 11.7 Å². The van der Waals surface area contributed by atoms with Gasteiger partial charge in [0.15, 0.2) is 0 Å². The maximum atomic E-state index is 11.9. The number of amides is 1. The Labute approximate surface area is 120 Å². The fourth-order valence-corrected chi connectivity index (χ4v) is 1.62. The number of hydrogen-bond donors (Lipinski definition) is 2. The van der Waals surface area contributed by atoms with Crippen LogP contribution in [0, 0.1) is 12.8 Å². The van der Waals surface area contributed by atoms with Crippen molar-refractivity contribution in [1.29, 1.82) is 0 Å². The SMILES string of the molecule is COCCNC(=O)c1cc(NCCC(C)C)nc(C)n1. The zero-order chi connectivity index (χ0) is 15.0. The summed E-state index contributed by atoms with van der Waals surface area (Å²) in [4.78, 5) is 20.4. The summed E-state index contributed by atoms with van der Waals surface area (Å²) in [7, 11) is 1.59. The average molecular weight is 280 g/mol. The van der Waals surface area contributed by atoms with Crippen LogP contribution in [0.2, 0.25) is 0 Å². The molecule has 0 bridgehead atoms. The Morgan fingerprint density at radius 3 is 2.75 bits per heavy atom. The number of carbonyl (C=O) groups excluding carboxylic acids is 1. The molecule has 0 spiro atoms. The number of ether oxygens (including phenoxy) is 1. The molecule has 0 radical (unpaired) electrons. The number of rotatable bonds is 8. The Morgan fingerprint density at radius 2 is 2.10 bits per heavy atom. The Hall–Kier alpha value is -1.69. The number of hydrogen-bond acceptors (Lipinski definition) is 5. The zero-order valence-electron chi connectivity index (χ0n) is 12.7. The van der Waals surface area contributed by atoms with Crippen molar-refractivity contribution in [2.75, 3.05) is 32.1 Å². The van der Waals surface area contributed by atoms with Gasteiger partial charge in [0, 0.05) is 26.3 Å². The summed E-state index contributed by atoms with van der Waals surface area (Å²) in [6, 6.07) is 1.68. The summed E-state index contributed by atoms with van der Waals surface area (Å²) >= 11 is 0. The van der Waals surface area contributed by atoms with Gasteiger partial charge in [-0.2, -0.15) is 0 Å². The van der Waals surface area contributed by atoms with Crippen LogP contribution in [-0.2, 0) is 4.74 Å². The van der Waals surface area contributed by atoms with Crippen LogP contribution in [0.15, 0.2) is 6.07 Å². The number of methoxy groups -OCH3 is 1. The van der Waals surface area contributed by atoms with Crippen molar-refractivity contribution in [3.8, 4) is 0 Å². The quantitative estimate of drug-likeness (QED) is 0.708. The molecule has 0 saturated carbocycles. The van der Waals surface area contributed by atoms with E-state index in [4.69, 9.17) is 4.74 Å². The Bertz CT molecular complexity index is 435. The predicted octanol–water partition coefficient (Wildman–Crippen LogP) is 1.62. The molecule has 1 amide bonds. The van der Waals surface area contributed by atoms with Crippen molar-refractivity contribution in [2.24, 2.45) is 5.92 Å². The van der Waals surface area contributed by atoms with Gasteiger partial charge in [0.05, 0.1) is 6.61 Å². The van der Waals surface area contributed by atoms with Gasteiger partial charge in [0.2, 0.25) is 0 Å². The third-order valence-electron chi connectivity index (χ3n) is 2.69. The summed E-state index contributed by atoms with van der Waals surface area (Å²) in [6.45, 7) is 7.89. The van der Waals surface area contributed by atoms with Crippen molar-refractivity contribution < 1.29 is 9.53 Å². The molecule has 112 valence electrons. The molecule has 0 atom stereocenters. The van der Waals surface area contributed by atoms with Crippen LogP contribution >= 0.6 is 0 Å². The minimum Gasteiger partial charge on any atom is -0.383 e. The van der Waals surface area contributed by atoms with Gasteiger partial charge in [0.1, 0.15) is 17.3 Å². The van der Waals surface area contributed by atoms with Crippen LogP contribution in [0.3, 0.4) is 0 Å². The second-order valence-corrected chi connectivity index (χ2v) is 5.04. The van der Waals surface area contributed by atoms with E-state index >= 15 is 0 Å². The van der Waals surface area contributed by atoms with Crippen LogP contribution < -0.4 is 10.6 Å². The standard InChI is InChI=1S/C14H24N4O2/c1-10(2)5-6-15-13-9-12(17-11(3)18-13)14(19)16-7-8-20-4/h9-10H,5-8H2,1-4H3,(H,16,19)(H,15,17,18). The molecule has 1 rings (SSSR count). The lowest BCUT2D eigenvalue weighted by atomic mass is 10.1. The van der Waals surface area contributed by atoms with Gasteiger partial charge in [-0.15, -0.1) is 0 Å². The molecule has 0 aliphatic carbocycles. The smallest absolute Gasteiger partial charge is 0.270 e. The first kappa shape index (κ1) is 16.4. The predicted molar refractivity (Wildman–Crippen MR) is 78.9 cm³/mol. The average Bonchev–Trinajstić information content (AvgIpc) is 2.37. The first-order valence-electron chi connectivity index (χ1n) is 6.89. The third-order valence-corrected chi connectivity index (χ3v) is 2.69. The molecule has 6 heteroatoms. The Morgan fingerprint density at radius 1 is 1.35 bits per heavy atom. The Balaban J connectivity index is 2.63. The lowest BCUT2D eigenvalue weighted by molar-refractivity contribution is 0.0931. The Kier molecular flexibility index (Phi) is 6.93. The fraction of sp³-hybridized carbons (Fsp3) is 0.643. The number of carbonyl (C=O) groups is 1. The normalized spacial score (nSPS) is 10.7. The van der Waals surface area contributed by atoms with Crippen molar-refractivity contribution in [1.82, 2.24) is 15.3 Å². The highest BCUT2D eigenvalue weighted by molar-refractivity contribution is 5.92. The molecule has 0 aliphatic heterocycles. The molecule has 0 aliphatic rings. The first-order valence-corrected chi connectivity index (χ1v) is 6.89. The first-order chi connectivity index (χ1) is 9.52. The van der Waals surface area contributed by atoms with E-state index in [1.165, 1.54) is 0 Å². The van der Waals surface area contributed by atoms with Gasteiger partial charge in [-0.05, 0) is 19.3 Å². The van der Waals surface area contributed by atoms with Gasteiger partial charge in [-0.25, -0.2) is 9.97 Å². The largest absolute Gasteiger partial charge is 0.383 e. The fourth-order valence-electron chi connectivity index (χ4n) is 1.62. The van der Waals surface area contributed by atoms with Gasteiger partial charge in [-0.1, -0.05) is 13.8 Å². The molecule has 1 aromatic rings. The van der Waals surface area contributed by atoms with Crippen LogP contribution in [0.25, 0.3) is 0 Å². The lowest BCUT2D eigenvalue weighted by Crippen LogP contribution is -2.28. The number of aryl methyl sites for hydroxylation is 1. The van der Waals surface area contributed by atoms with E-state index in [9.17, 15) is 4.79 Å². The highest BCUT2D eigenvalue weighted by Crippen LogP contribution is 2.08. The minimum absolute atomic E-state index is 0.209. The topological polar surface area (TPSA) is 76.1 Å². The number of aromatic nitrogens is 2. The monoisotopic (exact) mass is 280 g/mol. The minimum atomic E-state index is -0.209. The molecule has 2 N–H and O–H groups in total. The molecule has 20 heavy (non-hydrogen) atoms. The summed E-state index contributed by atoms with van der Waals surface area (Å²) in [5.74, 6) is 1.69. The molecule has 1 heterocycles. The molecule has 6 nitrogen and oxygen atoms in total. The van der Waals surface area contributed by atoms with E-state index < -0.39 is 0 Å². The lowest BCUT2D eigenvalue weighted by Gasteiger charge is -2.10. The maximum absolute atomic E-state index is 11.9. The number of anilines is 1. The summed E-state index contributed by atoms with van der Waals surface area (Å²) < 4.78 is 4.89. The summed E-state index contributed by atoms with van der Waals surface area (Å²) in [5.41, 5.74) is 0.376. The highest BCUT2D eigenvalue weighted by atomic mass is 16.5. The van der Waals surface area contributed by atoms with Gasteiger partial charge in [-0.3, -0.25) is 4.79 Å². The maximum Gasteiger partial charge on any atom is 0.270 e. The van der Waals surface area contributed by atoms with E-state index in [1.54, 1.807) is 20.1 Å². The molecule has 0 aromatic carbocycles. The second kappa shape index (κ2) is 8.47. The van der Waals surface area contributed by atoms with E-state index in [0.717, 1.165) is 13.0 Å². The van der Waals surface area contributed by atoms with Crippen LogP contribution in [0.4, 0.5) is 5.82 Å². The van der Waals surface area contributed by atoms with Crippen molar-refractivity contribution in [2.45, 2.75) is 27.2 Å². The van der Waals surface area contributed by atoms with E-state index in [0.29, 0.717) is 36.4 Å². The third kappa shape index (κ3) is 5.97. The van der Waals surface area contributed by atoms with E-state index in [-0.39, 0.29) is 5.91 Å².